The molecule has 2 heterocycles. The first-order valence-electron chi connectivity index (χ1n) is 4.69. The Morgan fingerprint density at radius 2 is 2.40 bits per heavy atom. The second kappa shape index (κ2) is 4.95. The van der Waals surface area contributed by atoms with Crippen LogP contribution in [-0.4, -0.2) is 17.3 Å². The van der Waals surface area contributed by atoms with Crippen molar-refractivity contribution in [1.29, 1.82) is 0 Å². The molecule has 5 heteroatoms. The summed E-state index contributed by atoms with van der Waals surface area (Å²) in [5.41, 5.74) is 1.09. The van der Waals surface area contributed by atoms with E-state index in [-0.39, 0.29) is 0 Å². The molecule has 2 rings (SSSR count). The van der Waals surface area contributed by atoms with Crippen molar-refractivity contribution in [2.75, 3.05) is 7.11 Å². The van der Waals surface area contributed by atoms with E-state index in [1.165, 1.54) is 4.88 Å². The van der Waals surface area contributed by atoms with Crippen molar-refractivity contribution in [3.05, 3.63) is 34.3 Å². The molecule has 0 unspecified atom stereocenters. The maximum absolute atomic E-state index is 5.22. The molecule has 0 atom stereocenters. The standard InChI is InChI=1S/C10H13N3OS/c1-14-9-3-5-15-10(9)7-11-6-8-2-4-12-13-8/h2-5,11H,6-7H2,1H3,(H,12,13). The van der Waals surface area contributed by atoms with Crippen LogP contribution in [0.3, 0.4) is 0 Å². The fourth-order valence-corrected chi connectivity index (χ4v) is 2.14. The number of hydrogen-bond acceptors (Lipinski definition) is 4. The minimum absolute atomic E-state index is 0.793. The molecule has 0 amide bonds. The summed E-state index contributed by atoms with van der Waals surface area (Å²) in [7, 11) is 1.69. The predicted octanol–water partition coefficient (Wildman–Crippen LogP) is 1.77. The Hall–Kier alpha value is -1.33. The van der Waals surface area contributed by atoms with Gasteiger partial charge in [0.2, 0.25) is 0 Å². The average molecular weight is 223 g/mol. The van der Waals surface area contributed by atoms with Gasteiger partial charge in [0.25, 0.3) is 0 Å². The summed E-state index contributed by atoms with van der Waals surface area (Å²) in [6.45, 7) is 1.61. The average Bonchev–Trinajstić information content (AvgIpc) is 2.88. The van der Waals surface area contributed by atoms with E-state index < -0.39 is 0 Å². The molecule has 0 bridgehead atoms. The highest BCUT2D eigenvalue weighted by Gasteiger charge is 2.03. The van der Waals surface area contributed by atoms with Gasteiger partial charge in [-0.1, -0.05) is 0 Å². The van der Waals surface area contributed by atoms with Gasteiger partial charge in [0.05, 0.1) is 12.0 Å². The topological polar surface area (TPSA) is 49.9 Å². The fraction of sp³-hybridized carbons (Fsp3) is 0.300. The lowest BCUT2D eigenvalue weighted by atomic mass is 10.4. The first-order chi connectivity index (χ1) is 7.40. The largest absolute Gasteiger partial charge is 0.496 e. The Morgan fingerprint density at radius 3 is 3.13 bits per heavy atom. The zero-order chi connectivity index (χ0) is 10.5. The Bertz CT molecular complexity index is 396. The van der Waals surface area contributed by atoms with E-state index >= 15 is 0 Å². The van der Waals surface area contributed by atoms with Crippen molar-refractivity contribution in [3.8, 4) is 5.75 Å². The Kier molecular flexibility index (Phi) is 3.37. The van der Waals surface area contributed by atoms with Crippen molar-refractivity contribution in [2.24, 2.45) is 0 Å². The van der Waals surface area contributed by atoms with Crippen LogP contribution in [0.2, 0.25) is 0 Å². The molecule has 0 aromatic carbocycles. The van der Waals surface area contributed by atoms with Crippen LogP contribution in [0, 0.1) is 0 Å². The molecule has 0 fully saturated rings. The van der Waals surface area contributed by atoms with Gasteiger partial charge < -0.3 is 10.1 Å². The number of nitrogens with zero attached hydrogens (tertiary/aromatic N) is 1. The third-order valence-electron chi connectivity index (χ3n) is 2.08. The van der Waals surface area contributed by atoms with Crippen LogP contribution in [0.1, 0.15) is 10.6 Å². The van der Waals surface area contributed by atoms with E-state index in [2.05, 4.69) is 15.5 Å². The molecule has 4 nitrogen and oxygen atoms in total. The molecular formula is C10H13N3OS. The molecule has 2 aromatic rings. The van der Waals surface area contributed by atoms with Crippen LogP contribution in [0.25, 0.3) is 0 Å². The van der Waals surface area contributed by atoms with Crippen molar-refractivity contribution >= 4 is 11.3 Å². The van der Waals surface area contributed by atoms with Crippen LogP contribution in [0.5, 0.6) is 5.75 Å². The molecule has 15 heavy (non-hydrogen) atoms. The molecule has 80 valence electrons. The van der Waals surface area contributed by atoms with Crippen LogP contribution in [0.15, 0.2) is 23.7 Å². The van der Waals surface area contributed by atoms with Gasteiger partial charge in [0, 0.05) is 25.0 Å². The third-order valence-corrected chi connectivity index (χ3v) is 2.99. The van der Waals surface area contributed by atoms with Crippen molar-refractivity contribution in [1.82, 2.24) is 15.5 Å². The molecule has 0 aliphatic heterocycles. The minimum atomic E-state index is 0.793. The first kappa shape index (κ1) is 10.2. The van der Waals surface area contributed by atoms with Gasteiger partial charge in [0.1, 0.15) is 5.75 Å². The second-order valence-electron chi connectivity index (χ2n) is 3.10. The van der Waals surface area contributed by atoms with Crippen LogP contribution in [0.4, 0.5) is 0 Å². The van der Waals surface area contributed by atoms with E-state index in [0.29, 0.717) is 0 Å². The Morgan fingerprint density at radius 1 is 1.47 bits per heavy atom. The van der Waals surface area contributed by atoms with Gasteiger partial charge in [-0.25, -0.2) is 0 Å². The van der Waals surface area contributed by atoms with Gasteiger partial charge >= 0.3 is 0 Å². The van der Waals surface area contributed by atoms with E-state index in [4.69, 9.17) is 4.74 Å². The van der Waals surface area contributed by atoms with E-state index in [1.807, 2.05) is 17.5 Å². The second-order valence-corrected chi connectivity index (χ2v) is 4.10. The number of aromatic nitrogens is 2. The Labute approximate surface area is 92.3 Å². The molecular weight excluding hydrogens is 210 g/mol. The lowest BCUT2D eigenvalue weighted by molar-refractivity contribution is 0.410. The predicted molar refractivity (Wildman–Crippen MR) is 60.0 cm³/mol. The van der Waals surface area contributed by atoms with Gasteiger partial charge in [-0.2, -0.15) is 5.10 Å². The van der Waals surface area contributed by atoms with Gasteiger partial charge in [-0.05, 0) is 17.5 Å². The molecule has 0 spiro atoms. The molecule has 2 N–H and O–H groups in total. The summed E-state index contributed by atoms with van der Waals surface area (Å²) >= 11 is 1.70. The normalized spacial score (nSPS) is 10.5. The van der Waals surface area contributed by atoms with Crippen LogP contribution in [-0.2, 0) is 13.1 Å². The van der Waals surface area contributed by atoms with Gasteiger partial charge in [0.15, 0.2) is 0 Å². The molecule has 0 saturated heterocycles. The van der Waals surface area contributed by atoms with E-state index in [0.717, 1.165) is 24.5 Å². The van der Waals surface area contributed by atoms with Gasteiger partial charge in [-0.3, -0.25) is 5.10 Å². The van der Waals surface area contributed by atoms with Gasteiger partial charge in [-0.15, -0.1) is 11.3 Å². The highest BCUT2D eigenvalue weighted by Crippen LogP contribution is 2.23. The van der Waals surface area contributed by atoms with Crippen molar-refractivity contribution in [2.45, 2.75) is 13.1 Å². The van der Waals surface area contributed by atoms with Crippen LogP contribution < -0.4 is 10.1 Å². The monoisotopic (exact) mass is 223 g/mol. The number of aromatic amines is 1. The third kappa shape index (κ3) is 2.57. The number of hydrogen-bond donors (Lipinski definition) is 2. The quantitative estimate of drug-likeness (QED) is 0.812. The molecule has 0 aliphatic rings. The fourth-order valence-electron chi connectivity index (χ4n) is 1.33. The number of H-pyrrole nitrogens is 1. The zero-order valence-corrected chi connectivity index (χ0v) is 9.30. The molecule has 0 radical (unpaired) electrons. The summed E-state index contributed by atoms with van der Waals surface area (Å²) in [6.07, 6.45) is 1.75. The van der Waals surface area contributed by atoms with E-state index in [1.54, 1.807) is 24.6 Å². The summed E-state index contributed by atoms with van der Waals surface area (Å²) in [5.74, 6) is 0.956. The van der Waals surface area contributed by atoms with E-state index in [9.17, 15) is 0 Å². The highest BCUT2D eigenvalue weighted by atomic mass is 32.1. The zero-order valence-electron chi connectivity index (χ0n) is 8.49. The number of rotatable bonds is 5. The highest BCUT2D eigenvalue weighted by molar-refractivity contribution is 7.10. The summed E-state index contributed by atoms with van der Waals surface area (Å²) in [6, 6.07) is 3.94. The number of nitrogens with one attached hydrogen (secondary N) is 2. The van der Waals surface area contributed by atoms with Crippen LogP contribution >= 0.6 is 11.3 Å². The number of ether oxygens (including phenoxy) is 1. The maximum Gasteiger partial charge on any atom is 0.134 e. The summed E-state index contributed by atoms with van der Waals surface area (Å²) < 4.78 is 5.22. The molecule has 0 saturated carbocycles. The first-order valence-corrected chi connectivity index (χ1v) is 5.57. The summed E-state index contributed by atoms with van der Waals surface area (Å²) in [4.78, 5) is 1.22. The number of thiophene rings is 1. The maximum atomic E-state index is 5.22. The lowest BCUT2D eigenvalue weighted by Gasteiger charge is -2.03. The number of methoxy groups -OCH3 is 1. The Balaban J connectivity index is 1.83. The SMILES string of the molecule is COc1ccsc1CNCc1ccn[nH]1. The summed E-state index contributed by atoms with van der Waals surface area (Å²) in [5, 5.41) is 12.1. The molecule has 0 aliphatic carbocycles. The smallest absolute Gasteiger partial charge is 0.134 e. The van der Waals surface area contributed by atoms with Crippen molar-refractivity contribution in [3.63, 3.8) is 0 Å². The minimum Gasteiger partial charge on any atom is -0.496 e. The lowest BCUT2D eigenvalue weighted by Crippen LogP contribution is -2.12. The van der Waals surface area contributed by atoms with Crippen molar-refractivity contribution < 1.29 is 4.74 Å². The molecule has 2 aromatic heterocycles.